The summed E-state index contributed by atoms with van der Waals surface area (Å²) in [6, 6.07) is 2.39. The van der Waals surface area contributed by atoms with Crippen molar-refractivity contribution < 1.29 is 0 Å². The molecule has 1 aliphatic carbocycles. The smallest absolute Gasteiger partial charge is 0.0278 e. The highest BCUT2D eigenvalue weighted by atomic mass is 15.3. The fourth-order valence-corrected chi connectivity index (χ4v) is 4.04. The first-order chi connectivity index (χ1) is 9.95. The van der Waals surface area contributed by atoms with Crippen molar-refractivity contribution in [1.82, 2.24) is 20.0 Å². The van der Waals surface area contributed by atoms with E-state index in [0.717, 1.165) is 18.6 Å². The Bertz CT molecular complexity index is 345. The van der Waals surface area contributed by atoms with E-state index in [1.807, 2.05) is 0 Å². The molecule has 0 aromatic heterocycles. The molecule has 2 heterocycles. The Morgan fingerprint density at radius 3 is 2.38 bits per heavy atom. The maximum atomic E-state index is 3.88. The molecule has 2 unspecified atom stereocenters. The topological polar surface area (TPSA) is 21.8 Å². The highest BCUT2D eigenvalue weighted by Gasteiger charge is 2.39. The number of likely N-dealkylation sites (N-methyl/N-ethyl adjacent to an activating group) is 1. The largest absolute Gasteiger partial charge is 0.311 e. The predicted octanol–water partition coefficient (Wildman–Crippen LogP) is 1.23. The van der Waals surface area contributed by atoms with Gasteiger partial charge in [0.25, 0.3) is 0 Å². The van der Waals surface area contributed by atoms with E-state index in [1.165, 1.54) is 52.0 Å². The van der Waals surface area contributed by atoms with Crippen LogP contribution in [0.5, 0.6) is 0 Å². The van der Waals surface area contributed by atoms with Gasteiger partial charge in [0.05, 0.1) is 0 Å². The van der Waals surface area contributed by atoms with Crippen molar-refractivity contribution in [3.05, 3.63) is 0 Å². The van der Waals surface area contributed by atoms with Crippen molar-refractivity contribution in [3.8, 4) is 0 Å². The minimum atomic E-state index is 0.275. The number of hydrogen-bond donors (Lipinski definition) is 1. The third-order valence-corrected chi connectivity index (χ3v) is 5.82. The molecule has 122 valence electrons. The second kappa shape index (κ2) is 6.15. The van der Waals surface area contributed by atoms with Crippen molar-refractivity contribution in [2.24, 2.45) is 0 Å². The lowest BCUT2D eigenvalue weighted by molar-refractivity contribution is 0.0602. The van der Waals surface area contributed by atoms with Gasteiger partial charge in [0.15, 0.2) is 0 Å². The molecule has 3 rings (SSSR count). The third kappa shape index (κ3) is 3.79. The molecule has 1 saturated carbocycles. The Kier molecular flexibility index (Phi) is 4.60. The zero-order valence-corrected chi connectivity index (χ0v) is 14.4. The van der Waals surface area contributed by atoms with Gasteiger partial charge in [-0.25, -0.2) is 0 Å². The van der Waals surface area contributed by atoms with Crippen LogP contribution in [0.15, 0.2) is 0 Å². The van der Waals surface area contributed by atoms with E-state index in [0.29, 0.717) is 6.04 Å². The number of likely N-dealkylation sites (tertiary alicyclic amines) is 1. The fraction of sp³-hybridized carbons (Fsp3) is 1.00. The highest BCUT2D eigenvalue weighted by molar-refractivity contribution is 4.97. The van der Waals surface area contributed by atoms with Gasteiger partial charge in [-0.1, -0.05) is 0 Å². The van der Waals surface area contributed by atoms with E-state index in [-0.39, 0.29) is 5.54 Å². The van der Waals surface area contributed by atoms with Gasteiger partial charge < -0.3 is 10.2 Å². The van der Waals surface area contributed by atoms with Crippen molar-refractivity contribution in [3.63, 3.8) is 0 Å². The molecular weight excluding hydrogens is 260 g/mol. The number of piperazine rings is 1. The van der Waals surface area contributed by atoms with E-state index < -0.39 is 0 Å². The average Bonchev–Trinajstić information content (AvgIpc) is 3.21. The molecule has 3 aliphatic rings. The lowest BCUT2D eigenvalue weighted by Gasteiger charge is -2.43. The second-order valence-electron chi connectivity index (χ2n) is 8.19. The molecule has 0 spiro atoms. The number of nitrogens with zero attached hydrogens (tertiary/aromatic N) is 3. The standard InChI is InChI=1S/C17H34N4/c1-14-11-15(12-21(14)16-5-6-16)18-13-17(2,3)20-9-7-19(4)8-10-20/h14-16,18H,5-13H2,1-4H3. The molecule has 21 heavy (non-hydrogen) atoms. The Morgan fingerprint density at radius 2 is 1.76 bits per heavy atom. The lowest BCUT2D eigenvalue weighted by Crippen LogP contribution is -2.58. The molecule has 4 heteroatoms. The highest BCUT2D eigenvalue weighted by Crippen LogP contribution is 2.33. The van der Waals surface area contributed by atoms with Gasteiger partial charge in [-0.05, 0) is 47.1 Å². The van der Waals surface area contributed by atoms with Crippen LogP contribution in [-0.4, -0.2) is 84.7 Å². The lowest BCUT2D eigenvalue weighted by atomic mass is 10.0. The van der Waals surface area contributed by atoms with E-state index in [4.69, 9.17) is 0 Å². The Hall–Kier alpha value is -0.160. The van der Waals surface area contributed by atoms with E-state index >= 15 is 0 Å². The Labute approximate surface area is 130 Å². The summed E-state index contributed by atoms with van der Waals surface area (Å²) in [6.45, 7) is 14.4. The fourth-order valence-electron chi connectivity index (χ4n) is 4.04. The molecule has 2 aliphatic heterocycles. The van der Waals surface area contributed by atoms with E-state index in [9.17, 15) is 0 Å². The summed E-state index contributed by atoms with van der Waals surface area (Å²) in [7, 11) is 2.23. The summed E-state index contributed by atoms with van der Waals surface area (Å²) >= 11 is 0. The van der Waals surface area contributed by atoms with Crippen LogP contribution in [-0.2, 0) is 0 Å². The summed E-state index contributed by atoms with van der Waals surface area (Å²) in [5, 5.41) is 3.88. The third-order valence-electron chi connectivity index (χ3n) is 5.82. The van der Waals surface area contributed by atoms with Crippen molar-refractivity contribution >= 4 is 0 Å². The van der Waals surface area contributed by atoms with Crippen molar-refractivity contribution in [2.75, 3.05) is 46.3 Å². The predicted molar refractivity (Wildman–Crippen MR) is 88.7 cm³/mol. The van der Waals surface area contributed by atoms with E-state index in [2.05, 4.69) is 47.8 Å². The molecule has 0 radical (unpaired) electrons. The first-order valence-corrected chi connectivity index (χ1v) is 8.88. The number of nitrogens with one attached hydrogen (secondary N) is 1. The zero-order valence-electron chi connectivity index (χ0n) is 14.4. The average molecular weight is 294 g/mol. The molecule has 0 aromatic carbocycles. The van der Waals surface area contributed by atoms with Crippen LogP contribution in [0.25, 0.3) is 0 Å². The summed E-state index contributed by atoms with van der Waals surface area (Å²) in [5.74, 6) is 0. The van der Waals surface area contributed by atoms with Gasteiger partial charge in [-0.2, -0.15) is 0 Å². The van der Waals surface area contributed by atoms with Gasteiger partial charge in [0.1, 0.15) is 0 Å². The molecule has 0 bridgehead atoms. The summed E-state index contributed by atoms with van der Waals surface area (Å²) < 4.78 is 0. The zero-order chi connectivity index (χ0) is 15.0. The Morgan fingerprint density at radius 1 is 1.10 bits per heavy atom. The first-order valence-electron chi connectivity index (χ1n) is 8.88. The quantitative estimate of drug-likeness (QED) is 0.823. The molecule has 2 atom stereocenters. The van der Waals surface area contributed by atoms with Crippen LogP contribution >= 0.6 is 0 Å². The number of rotatable bonds is 5. The summed E-state index contributed by atoms with van der Waals surface area (Å²) in [4.78, 5) is 7.84. The second-order valence-corrected chi connectivity index (χ2v) is 8.19. The molecule has 4 nitrogen and oxygen atoms in total. The monoisotopic (exact) mass is 294 g/mol. The van der Waals surface area contributed by atoms with Crippen LogP contribution in [0.4, 0.5) is 0 Å². The van der Waals surface area contributed by atoms with Gasteiger partial charge in [0.2, 0.25) is 0 Å². The van der Waals surface area contributed by atoms with Crippen LogP contribution in [0, 0.1) is 0 Å². The SMILES string of the molecule is CC1CC(NCC(C)(C)N2CCN(C)CC2)CN1C1CC1. The van der Waals surface area contributed by atoms with Crippen LogP contribution in [0.2, 0.25) is 0 Å². The molecule has 3 fully saturated rings. The van der Waals surface area contributed by atoms with Crippen LogP contribution in [0.1, 0.15) is 40.0 Å². The number of hydrogen-bond acceptors (Lipinski definition) is 4. The minimum absolute atomic E-state index is 0.275. The van der Waals surface area contributed by atoms with Gasteiger partial charge in [-0.3, -0.25) is 9.80 Å². The summed E-state index contributed by atoms with van der Waals surface area (Å²) in [5.41, 5.74) is 0.275. The van der Waals surface area contributed by atoms with E-state index in [1.54, 1.807) is 0 Å². The molecule has 1 N–H and O–H groups in total. The molecule has 0 aromatic rings. The molecular formula is C17H34N4. The molecule has 0 amide bonds. The van der Waals surface area contributed by atoms with Gasteiger partial charge in [-0.15, -0.1) is 0 Å². The summed E-state index contributed by atoms with van der Waals surface area (Å²) in [6.07, 6.45) is 4.20. The maximum Gasteiger partial charge on any atom is 0.0278 e. The normalized spacial score (nSPS) is 33.7. The van der Waals surface area contributed by atoms with Crippen LogP contribution in [0.3, 0.4) is 0 Å². The minimum Gasteiger partial charge on any atom is -0.311 e. The van der Waals surface area contributed by atoms with Crippen molar-refractivity contribution in [1.29, 1.82) is 0 Å². The Balaban J connectivity index is 1.45. The molecule has 2 saturated heterocycles. The maximum absolute atomic E-state index is 3.88. The van der Waals surface area contributed by atoms with Crippen molar-refractivity contribution in [2.45, 2.75) is 63.7 Å². The first kappa shape index (κ1) is 15.7. The van der Waals surface area contributed by atoms with Crippen LogP contribution < -0.4 is 5.32 Å². The van der Waals surface area contributed by atoms with Gasteiger partial charge >= 0.3 is 0 Å². The van der Waals surface area contributed by atoms with Gasteiger partial charge in [0, 0.05) is 62.9 Å².